The van der Waals surface area contributed by atoms with Crippen LogP contribution in [0.25, 0.3) is 0 Å². The van der Waals surface area contributed by atoms with E-state index < -0.39 is 29.6 Å². The zero-order valence-corrected chi connectivity index (χ0v) is 15.8. The van der Waals surface area contributed by atoms with E-state index >= 15 is 0 Å². The summed E-state index contributed by atoms with van der Waals surface area (Å²) in [6.07, 6.45) is 1.11. The van der Waals surface area contributed by atoms with Crippen LogP contribution in [0, 0.1) is 0 Å². The molecule has 1 unspecified atom stereocenters. The summed E-state index contributed by atoms with van der Waals surface area (Å²) >= 11 is 6.20. The molecule has 7 nitrogen and oxygen atoms in total. The number of carboxylic acids is 1. The average molecular weight is 383 g/mol. The number of hydrogen-bond acceptors (Lipinski definition) is 4. The summed E-state index contributed by atoms with van der Waals surface area (Å²) in [5.41, 5.74) is 0.343. The first-order valence-electron chi connectivity index (χ1n) is 8.37. The van der Waals surface area contributed by atoms with Gasteiger partial charge in [-0.1, -0.05) is 17.7 Å². The molecule has 142 valence electrons. The summed E-state index contributed by atoms with van der Waals surface area (Å²) in [5.74, 6) is -1.48. The molecular weight excluding hydrogens is 360 g/mol. The van der Waals surface area contributed by atoms with Crippen LogP contribution in [0.15, 0.2) is 18.2 Å². The number of benzene rings is 1. The Hall–Kier alpha value is -2.28. The molecule has 0 radical (unpaired) electrons. The van der Waals surface area contributed by atoms with E-state index in [0.29, 0.717) is 35.5 Å². The van der Waals surface area contributed by atoms with Crippen LogP contribution in [0.1, 0.15) is 49.5 Å². The predicted molar refractivity (Wildman–Crippen MR) is 96.2 cm³/mol. The molecule has 1 aromatic carbocycles. The van der Waals surface area contributed by atoms with Crippen molar-refractivity contribution in [3.63, 3.8) is 0 Å². The first-order chi connectivity index (χ1) is 12.1. The molecule has 8 heteroatoms. The first kappa shape index (κ1) is 20.0. The number of halogens is 1. The Morgan fingerprint density at radius 3 is 2.62 bits per heavy atom. The van der Waals surface area contributed by atoms with Gasteiger partial charge in [0, 0.05) is 18.1 Å². The largest absolute Gasteiger partial charge is 0.480 e. The highest BCUT2D eigenvalue weighted by Gasteiger charge is 2.33. The average Bonchev–Trinajstić information content (AvgIpc) is 3.01. The fourth-order valence-corrected chi connectivity index (χ4v) is 2.94. The summed E-state index contributed by atoms with van der Waals surface area (Å²) < 4.78 is 5.29. The van der Waals surface area contributed by atoms with E-state index in [1.807, 2.05) is 0 Å². The van der Waals surface area contributed by atoms with E-state index in [9.17, 15) is 14.4 Å². The molecule has 1 aromatic rings. The number of ether oxygens (including phenoxy) is 1. The van der Waals surface area contributed by atoms with E-state index in [4.69, 9.17) is 21.4 Å². The number of amides is 2. The molecule has 1 aliphatic rings. The highest BCUT2D eigenvalue weighted by atomic mass is 35.5. The number of hydrogen-bond donors (Lipinski definition) is 2. The standard InChI is InChI=1S/C18H23ClN2O5/c1-18(2,3)26-16(24)11-6-7-12(13(19)9-11)10-20-17(25)21-8-4-5-14(21)15(22)23/h6-7,9,14H,4-5,8,10H2,1-3H3,(H,20,25)(H,22,23). The van der Waals surface area contributed by atoms with E-state index in [2.05, 4.69) is 5.32 Å². The molecular formula is C18H23ClN2O5. The van der Waals surface area contributed by atoms with Crippen LogP contribution in [0.5, 0.6) is 0 Å². The van der Waals surface area contributed by atoms with Crippen molar-refractivity contribution in [1.82, 2.24) is 10.2 Å². The number of nitrogens with zero attached hydrogens (tertiary/aromatic N) is 1. The van der Waals surface area contributed by atoms with Crippen LogP contribution in [0.4, 0.5) is 4.79 Å². The lowest BCUT2D eigenvalue weighted by Gasteiger charge is -2.22. The summed E-state index contributed by atoms with van der Waals surface area (Å²) in [4.78, 5) is 36.7. The number of rotatable bonds is 4. The molecule has 2 N–H and O–H groups in total. The first-order valence-corrected chi connectivity index (χ1v) is 8.75. The van der Waals surface area contributed by atoms with Gasteiger partial charge in [-0.05, 0) is 51.3 Å². The normalized spacial score (nSPS) is 17.1. The second-order valence-corrected chi connectivity index (χ2v) is 7.56. The van der Waals surface area contributed by atoms with Gasteiger partial charge >= 0.3 is 18.0 Å². The number of carbonyl (C=O) groups is 3. The van der Waals surface area contributed by atoms with Gasteiger partial charge in [-0.25, -0.2) is 14.4 Å². The van der Waals surface area contributed by atoms with Crippen molar-refractivity contribution in [2.75, 3.05) is 6.54 Å². The van der Waals surface area contributed by atoms with Crippen LogP contribution in [0.2, 0.25) is 5.02 Å². The van der Waals surface area contributed by atoms with Crippen molar-refractivity contribution >= 4 is 29.6 Å². The number of esters is 1. The second kappa shape index (κ2) is 7.95. The smallest absolute Gasteiger partial charge is 0.338 e. The Morgan fingerprint density at radius 1 is 1.35 bits per heavy atom. The predicted octanol–water partition coefficient (Wildman–Crippen LogP) is 3.05. The van der Waals surface area contributed by atoms with Crippen molar-refractivity contribution in [1.29, 1.82) is 0 Å². The molecule has 2 rings (SSSR count). The van der Waals surface area contributed by atoms with Crippen molar-refractivity contribution in [3.8, 4) is 0 Å². The SMILES string of the molecule is CC(C)(C)OC(=O)c1ccc(CNC(=O)N2CCCC2C(=O)O)c(Cl)c1. The molecule has 1 fully saturated rings. The van der Waals surface area contributed by atoms with Gasteiger partial charge in [0.2, 0.25) is 0 Å². The van der Waals surface area contributed by atoms with E-state index in [1.165, 1.54) is 11.0 Å². The van der Waals surface area contributed by atoms with Crippen molar-refractivity contribution < 1.29 is 24.2 Å². The molecule has 1 saturated heterocycles. The number of urea groups is 1. The highest BCUT2D eigenvalue weighted by Crippen LogP contribution is 2.21. The Kier molecular flexibility index (Phi) is 6.13. The third-order valence-corrected chi connectivity index (χ3v) is 4.27. The Bertz CT molecular complexity index is 714. The maximum Gasteiger partial charge on any atom is 0.338 e. The lowest BCUT2D eigenvalue weighted by atomic mass is 10.1. The van der Waals surface area contributed by atoms with Crippen molar-refractivity contribution in [3.05, 3.63) is 34.3 Å². The number of aliphatic carboxylic acids is 1. The Labute approximate surface area is 157 Å². The van der Waals surface area contributed by atoms with Gasteiger partial charge in [-0.3, -0.25) is 0 Å². The topological polar surface area (TPSA) is 95.9 Å². The molecule has 0 aromatic heterocycles. The molecule has 0 saturated carbocycles. The fourth-order valence-electron chi connectivity index (χ4n) is 2.69. The summed E-state index contributed by atoms with van der Waals surface area (Å²) in [7, 11) is 0. The van der Waals surface area contributed by atoms with E-state index in [0.717, 1.165) is 0 Å². The molecule has 0 spiro atoms. The van der Waals surface area contributed by atoms with Gasteiger partial charge in [0.05, 0.1) is 5.56 Å². The third-order valence-electron chi connectivity index (χ3n) is 3.92. The number of nitrogens with one attached hydrogen (secondary N) is 1. The van der Waals surface area contributed by atoms with Gasteiger partial charge in [0.1, 0.15) is 11.6 Å². The van der Waals surface area contributed by atoms with Gasteiger partial charge < -0.3 is 20.1 Å². The van der Waals surface area contributed by atoms with Crippen LogP contribution in [0.3, 0.4) is 0 Å². The number of carboxylic acid groups (broad SMARTS) is 1. The fraction of sp³-hybridized carbons (Fsp3) is 0.500. The zero-order valence-electron chi connectivity index (χ0n) is 15.0. The van der Waals surface area contributed by atoms with Gasteiger partial charge in [-0.2, -0.15) is 0 Å². The number of carbonyl (C=O) groups excluding carboxylic acids is 2. The highest BCUT2D eigenvalue weighted by molar-refractivity contribution is 6.31. The van der Waals surface area contributed by atoms with Gasteiger partial charge in [0.25, 0.3) is 0 Å². The molecule has 0 bridgehead atoms. The van der Waals surface area contributed by atoms with Crippen LogP contribution in [-0.4, -0.2) is 46.2 Å². The monoisotopic (exact) mass is 382 g/mol. The minimum Gasteiger partial charge on any atom is -0.480 e. The Balaban J connectivity index is 1.99. The summed E-state index contributed by atoms with van der Waals surface area (Å²) in [6, 6.07) is 3.48. The molecule has 26 heavy (non-hydrogen) atoms. The van der Waals surface area contributed by atoms with Crippen LogP contribution < -0.4 is 5.32 Å². The van der Waals surface area contributed by atoms with Crippen LogP contribution in [-0.2, 0) is 16.1 Å². The Morgan fingerprint density at radius 2 is 2.04 bits per heavy atom. The van der Waals surface area contributed by atoms with Gasteiger partial charge in [0.15, 0.2) is 0 Å². The molecule has 1 aliphatic heterocycles. The van der Waals surface area contributed by atoms with Crippen LogP contribution >= 0.6 is 11.6 Å². The summed E-state index contributed by atoms with van der Waals surface area (Å²) in [6.45, 7) is 5.88. The minimum absolute atomic E-state index is 0.134. The van der Waals surface area contributed by atoms with E-state index in [-0.39, 0.29) is 6.54 Å². The quantitative estimate of drug-likeness (QED) is 0.780. The number of likely N-dealkylation sites (tertiary alicyclic amines) is 1. The van der Waals surface area contributed by atoms with Crippen molar-refractivity contribution in [2.24, 2.45) is 0 Å². The second-order valence-electron chi connectivity index (χ2n) is 7.16. The zero-order chi connectivity index (χ0) is 19.5. The van der Waals surface area contributed by atoms with Crippen molar-refractivity contribution in [2.45, 2.75) is 51.8 Å². The maximum atomic E-state index is 12.2. The van der Waals surface area contributed by atoms with E-state index in [1.54, 1.807) is 32.9 Å². The minimum atomic E-state index is -1.00. The lowest BCUT2D eigenvalue weighted by Crippen LogP contribution is -2.45. The molecule has 2 amide bonds. The maximum absolute atomic E-state index is 12.2. The molecule has 0 aliphatic carbocycles. The molecule has 1 heterocycles. The van der Waals surface area contributed by atoms with Gasteiger partial charge in [-0.15, -0.1) is 0 Å². The molecule has 1 atom stereocenters. The lowest BCUT2D eigenvalue weighted by molar-refractivity contribution is -0.141. The third kappa shape index (κ3) is 5.11. The summed E-state index contributed by atoms with van der Waals surface area (Å²) in [5, 5.41) is 12.1.